The number of carbonyl (C=O) groups is 5. The summed E-state index contributed by atoms with van der Waals surface area (Å²) >= 11 is 6.14. The van der Waals surface area contributed by atoms with E-state index in [0.29, 0.717) is 46.9 Å². The van der Waals surface area contributed by atoms with Gasteiger partial charge in [-0.3, -0.25) is 24.2 Å². The van der Waals surface area contributed by atoms with Crippen LogP contribution in [0.3, 0.4) is 0 Å². The maximum atomic E-state index is 12.9. The first-order valence-corrected chi connectivity index (χ1v) is 23.5. The lowest BCUT2D eigenvalue weighted by Gasteiger charge is -2.18. The molecule has 0 aliphatic rings. The first-order valence-electron chi connectivity index (χ1n) is 23.1. The lowest BCUT2D eigenvalue weighted by Crippen LogP contribution is -2.47. The van der Waals surface area contributed by atoms with Crippen LogP contribution in [0.2, 0.25) is 5.02 Å². The average Bonchev–Trinajstić information content (AvgIpc) is 3.40. The predicted molar refractivity (Wildman–Crippen MR) is 280 cm³/mol. The normalized spacial score (nSPS) is 11.4. The van der Waals surface area contributed by atoms with Crippen molar-refractivity contribution >= 4 is 62.9 Å². The van der Waals surface area contributed by atoms with Crippen LogP contribution in [-0.4, -0.2) is 70.6 Å². The molecule has 3 amide bonds. The van der Waals surface area contributed by atoms with Crippen LogP contribution < -0.4 is 25.4 Å². The van der Waals surface area contributed by atoms with E-state index in [2.05, 4.69) is 20.9 Å². The van der Waals surface area contributed by atoms with Crippen LogP contribution in [0.15, 0.2) is 182 Å². The summed E-state index contributed by atoms with van der Waals surface area (Å²) in [7, 11) is 1.57. The number of amides is 3. The number of ether oxygens (including phenoxy) is 2. The zero-order valence-corrected chi connectivity index (χ0v) is 40.7. The van der Waals surface area contributed by atoms with Crippen LogP contribution in [0.5, 0.6) is 11.5 Å². The third-order valence-corrected chi connectivity index (χ3v) is 11.4. The number of hydrogen-bond donors (Lipinski definition) is 5. The Balaban J connectivity index is 0.000000192. The van der Waals surface area contributed by atoms with Gasteiger partial charge in [0.2, 0.25) is 5.91 Å². The second-order valence-corrected chi connectivity index (χ2v) is 17.2. The van der Waals surface area contributed by atoms with E-state index >= 15 is 0 Å². The van der Waals surface area contributed by atoms with Crippen molar-refractivity contribution in [2.45, 2.75) is 45.4 Å². The number of halogens is 1. The zero-order chi connectivity index (χ0) is 51.4. The Morgan fingerprint density at radius 2 is 1.21 bits per heavy atom. The number of nitrogens with zero attached hydrogens (tertiary/aromatic N) is 1. The number of pyridine rings is 1. The molecule has 8 aromatic rings. The molecule has 0 radical (unpaired) electrons. The van der Waals surface area contributed by atoms with Gasteiger partial charge in [0.25, 0.3) is 11.8 Å². The minimum Gasteiger partial charge on any atom is -0.489 e. The van der Waals surface area contributed by atoms with E-state index in [9.17, 15) is 29.1 Å². The molecular formula is C58H55ClN4O9. The lowest BCUT2D eigenvalue weighted by molar-refractivity contribution is -0.141. The van der Waals surface area contributed by atoms with Crippen molar-refractivity contribution in [1.29, 1.82) is 0 Å². The molecule has 0 fully saturated rings. The monoisotopic (exact) mass is 986 g/mol. The molecule has 5 N–H and O–H groups in total. The summed E-state index contributed by atoms with van der Waals surface area (Å²) in [4.78, 5) is 63.8. The van der Waals surface area contributed by atoms with Gasteiger partial charge in [0, 0.05) is 42.7 Å². The number of hydrogen-bond acceptors (Lipinski definition) is 8. The predicted octanol–water partition coefficient (Wildman–Crippen LogP) is 10.2. The highest BCUT2D eigenvalue weighted by Crippen LogP contribution is 2.27. The second kappa shape index (κ2) is 26.4. The van der Waals surface area contributed by atoms with Gasteiger partial charge < -0.3 is 35.6 Å². The standard InChI is InChI=1S/C28H26N2O3.C20H22ClNO4.C10H7NO2/c1-29-28(32)26(30-27(31)24-14-13-22-9-5-6-10-23(22)18-24)17-20-11-15-25(16-12-20)33-19-21-7-3-2-4-8-21;1-13(2)26-18-9-8-15(11-17(18)21)19(23)22-12-16(20(24)25)10-14-6-4-3-5-7-14;12-10(13)8-4-3-7-2-1-5-11-9(7)6-8/h2-16,18,26H,17,19H2,1H3,(H,29,32)(H,30,31);3-9,11,13,16H,10,12H2,1-2H3,(H,22,23)(H,24,25);1-6H,(H,12,13). The van der Waals surface area contributed by atoms with Gasteiger partial charge in [0.05, 0.1) is 28.1 Å². The van der Waals surface area contributed by atoms with Gasteiger partial charge in [-0.05, 0) is 108 Å². The van der Waals surface area contributed by atoms with Crippen LogP contribution in [-0.2, 0) is 29.0 Å². The van der Waals surface area contributed by atoms with Gasteiger partial charge in [0.15, 0.2) is 0 Å². The van der Waals surface area contributed by atoms with Gasteiger partial charge in [0.1, 0.15) is 24.1 Å². The van der Waals surface area contributed by atoms with Gasteiger partial charge in [-0.2, -0.15) is 0 Å². The van der Waals surface area contributed by atoms with Crippen LogP contribution in [0, 0.1) is 5.92 Å². The summed E-state index contributed by atoms with van der Waals surface area (Å²) in [6.45, 7) is 4.29. The van der Waals surface area contributed by atoms with Crippen LogP contribution in [0.4, 0.5) is 0 Å². The Morgan fingerprint density at radius 3 is 1.86 bits per heavy atom. The fourth-order valence-electron chi connectivity index (χ4n) is 7.31. The summed E-state index contributed by atoms with van der Waals surface area (Å²) < 4.78 is 11.4. The molecule has 2 unspecified atom stereocenters. The minimum atomic E-state index is -0.951. The number of carbonyl (C=O) groups excluding carboxylic acids is 3. The molecule has 0 bridgehead atoms. The summed E-state index contributed by atoms with van der Waals surface area (Å²) in [6, 6.07) is 52.9. The summed E-state index contributed by atoms with van der Waals surface area (Å²) in [6.07, 6.45) is 2.34. The fraction of sp³-hybridized carbons (Fsp3) is 0.172. The molecule has 0 saturated heterocycles. The largest absolute Gasteiger partial charge is 0.489 e. The maximum absolute atomic E-state index is 12.9. The third kappa shape index (κ3) is 16.0. The molecule has 368 valence electrons. The van der Waals surface area contributed by atoms with Crippen LogP contribution >= 0.6 is 11.6 Å². The first-order chi connectivity index (χ1) is 34.8. The number of fused-ring (bicyclic) bond motifs is 2. The molecule has 0 aliphatic heterocycles. The summed E-state index contributed by atoms with van der Waals surface area (Å²) in [5, 5.41) is 29.6. The number of aromatic carboxylic acids is 1. The number of carboxylic acid groups (broad SMARTS) is 2. The Bertz CT molecular complexity index is 3100. The molecule has 8 rings (SSSR count). The highest BCUT2D eigenvalue weighted by atomic mass is 35.5. The Labute approximate surface area is 422 Å². The second-order valence-electron chi connectivity index (χ2n) is 16.8. The van der Waals surface area contributed by atoms with Crippen molar-refractivity contribution in [1.82, 2.24) is 20.9 Å². The van der Waals surface area contributed by atoms with Crippen molar-refractivity contribution in [2.24, 2.45) is 5.92 Å². The number of likely N-dealkylation sites (N-methyl/N-ethyl adjacent to an activating group) is 1. The molecule has 1 heterocycles. The zero-order valence-electron chi connectivity index (χ0n) is 40.0. The van der Waals surface area contributed by atoms with E-state index in [-0.39, 0.29) is 35.9 Å². The highest BCUT2D eigenvalue weighted by molar-refractivity contribution is 6.32. The van der Waals surface area contributed by atoms with E-state index in [1.54, 1.807) is 49.6 Å². The number of aliphatic carboxylic acids is 1. The molecule has 1 aromatic heterocycles. The van der Waals surface area contributed by atoms with Crippen molar-refractivity contribution in [3.63, 3.8) is 0 Å². The molecule has 0 aliphatic carbocycles. The van der Waals surface area contributed by atoms with Gasteiger partial charge >= 0.3 is 11.9 Å². The van der Waals surface area contributed by atoms with Crippen molar-refractivity contribution in [2.75, 3.05) is 13.6 Å². The van der Waals surface area contributed by atoms with Crippen LogP contribution in [0.1, 0.15) is 61.6 Å². The van der Waals surface area contributed by atoms with Crippen molar-refractivity contribution < 1.29 is 43.7 Å². The quantitative estimate of drug-likeness (QED) is 0.0586. The Hall–Kier alpha value is -8.55. The fourth-order valence-corrected chi connectivity index (χ4v) is 7.53. The van der Waals surface area contributed by atoms with E-state index in [1.807, 2.05) is 147 Å². The first kappa shape index (κ1) is 52.8. The number of rotatable bonds is 17. The molecule has 0 spiro atoms. The van der Waals surface area contributed by atoms with Crippen LogP contribution in [0.25, 0.3) is 21.7 Å². The third-order valence-electron chi connectivity index (χ3n) is 11.1. The minimum absolute atomic E-state index is 0.0264. The molecule has 2 atom stereocenters. The van der Waals surface area contributed by atoms with E-state index in [4.69, 9.17) is 26.2 Å². The molecule has 0 saturated carbocycles. The topological polar surface area (TPSA) is 193 Å². The van der Waals surface area contributed by atoms with Gasteiger partial charge in [-0.1, -0.05) is 127 Å². The van der Waals surface area contributed by atoms with E-state index < -0.39 is 23.9 Å². The maximum Gasteiger partial charge on any atom is 0.335 e. The average molecular weight is 988 g/mol. The number of aromatic nitrogens is 1. The Morgan fingerprint density at radius 1 is 0.611 bits per heavy atom. The lowest BCUT2D eigenvalue weighted by atomic mass is 9.99. The van der Waals surface area contributed by atoms with Crippen molar-refractivity contribution in [3.8, 4) is 11.5 Å². The van der Waals surface area contributed by atoms with E-state index in [1.165, 1.54) is 6.07 Å². The summed E-state index contributed by atoms with van der Waals surface area (Å²) in [5.74, 6) is -2.22. The smallest absolute Gasteiger partial charge is 0.335 e. The summed E-state index contributed by atoms with van der Waals surface area (Å²) in [5.41, 5.74) is 4.79. The number of carboxylic acids is 2. The van der Waals surface area contributed by atoms with E-state index in [0.717, 1.165) is 38.6 Å². The van der Waals surface area contributed by atoms with Crippen molar-refractivity contribution in [3.05, 3.63) is 221 Å². The van der Waals surface area contributed by atoms with Gasteiger partial charge in [-0.15, -0.1) is 0 Å². The SMILES string of the molecule is CC(C)Oc1ccc(C(=O)NCC(Cc2ccccc2)C(=O)O)cc1Cl.CNC(=O)C(Cc1ccc(OCc2ccccc2)cc1)NC(=O)c1ccc2ccccc2c1.O=C(O)c1ccc2cccnc2c1. The molecule has 72 heavy (non-hydrogen) atoms. The molecular weight excluding hydrogens is 932 g/mol. The molecule has 13 nitrogen and oxygen atoms in total. The number of benzene rings is 7. The Kier molecular flexibility index (Phi) is 19.4. The molecule has 14 heteroatoms. The van der Waals surface area contributed by atoms with Gasteiger partial charge in [-0.25, -0.2) is 4.79 Å². The number of nitrogens with one attached hydrogen (secondary N) is 3. The molecule has 7 aromatic carbocycles. The highest BCUT2D eigenvalue weighted by Gasteiger charge is 2.22.